The molecule has 0 radical (unpaired) electrons. The van der Waals surface area contributed by atoms with Gasteiger partial charge in [0, 0.05) is 18.5 Å². The summed E-state index contributed by atoms with van der Waals surface area (Å²) in [6.45, 7) is 5.36. The van der Waals surface area contributed by atoms with E-state index < -0.39 is 0 Å². The van der Waals surface area contributed by atoms with Crippen molar-refractivity contribution in [3.8, 4) is 5.75 Å². The highest BCUT2D eigenvalue weighted by Gasteiger charge is 2.19. The van der Waals surface area contributed by atoms with Gasteiger partial charge in [0.1, 0.15) is 5.75 Å². The lowest BCUT2D eigenvalue weighted by molar-refractivity contribution is -0.122. The number of piperidine rings is 1. The molecule has 0 saturated carbocycles. The Labute approximate surface area is 127 Å². The van der Waals surface area contributed by atoms with Crippen LogP contribution in [0, 0.1) is 5.92 Å². The van der Waals surface area contributed by atoms with Crippen LogP contribution in [0.1, 0.15) is 31.7 Å². The molecule has 116 valence electrons. The highest BCUT2D eigenvalue weighted by atomic mass is 16.5. The number of benzene rings is 1. The summed E-state index contributed by atoms with van der Waals surface area (Å²) in [5.41, 5.74) is 1.04. The number of nitrogens with one attached hydrogen (secondary N) is 1. The fourth-order valence-electron chi connectivity index (χ4n) is 2.74. The summed E-state index contributed by atoms with van der Waals surface area (Å²) in [7, 11) is 2.14. The highest BCUT2D eigenvalue weighted by molar-refractivity contribution is 5.76. The van der Waals surface area contributed by atoms with Crippen LogP contribution in [0.25, 0.3) is 0 Å². The zero-order valence-corrected chi connectivity index (χ0v) is 13.1. The molecule has 0 bridgehead atoms. The van der Waals surface area contributed by atoms with Crippen molar-refractivity contribution in [2.24, 2.45) is 5.92 Å². The molecule has 1 amide bonds. The van der Waals surface area contributed by atoms with Crippen molar-refractivity contribution < 1.29 is 9.53 Å². The smallest absolute Gasteiger partial charge is 0.220 e. The first-order valence-electron chi connectivity index (χ1n) is 7.85. The number of ether oxygens (including phenoxy) is 1. The van der Waals surface area contributed by atoms with E-state index in [-0.39, 0.29) is 5.91 Å². The second-order valence-electron chi connectivity index (χ2n) is 5.77. The molecular formula is C17H26N2O2. The number of likely N-dealkylation sites (tertiary alicyclic amines) is 1. The van der Waals surface area contributed by atoms with Gasteiger partial charge in [0.25, 0.3) is 0 Å². The number of carbonyl (C=O) groups is 1. The van der Waals surface area contributed by atoms with Crippen molar-refractivity contribution in [3.63, 3.8) is 0 Å². The number of nitrogens with zero attached hydrogens (tertiary/aromatic N) is 1. The van der Waals surface area contributed by atoms with Crippen LogP contribution < -0.4 is 10.1 Å². The number of hydrogen-bond donors (Lipinski definition) is 1. The molecular weight excluding hydrogens is 264 g/mol. The Hall–Kier alpha value is -1.55. The number of carbonyl (C=O) groups excluding carboxylic acids is 1. The Kier molecular flexibility index (Phi) is 6.05. The van der Waals surface area contributed by atoms with Crippen molar-refractivity contribution in [1.82, 2.24) is 10.2 Å². The SMILES string of the molecule is CCOc1ccccc1CNC(=O)CC1CCN(C)CC1. The van der Waals surface area contributed by atoms with Gasteiger partial charge >= 0.3 is 0 Å². The Bertz CT molecular complexity index is 454. The number of para-hydroxylation sites is 1. The van der Waals surface area contributed by atoms with Gasteiger partial charge in [-0.3, -0.25) is 4.79 Å². The molecule has 1 aliphatic rings. The number of rotatable bonds is 6. The minimum absolute atomic E-state index is 0.149. The third-order valence-corrected chi connectivity index (χ3v) is 4.06. The van der Waals surface area contributed by atoms with Crippen molar-refractivity contribution in [1.29, 1.82) is 0 Å². The minimum atomic E-state index is 0.149. The van der Waals surface area contributed by atoms with Gasteiger partial charge < -0.3 is 15.0 Å². The second-order valence-corrected chi connectivity index (χ2v) is 5.77. The molecule has 4 heteroatoms. The van der Waals surface area contributed by atoms with Crippen LogP contribution in [-0.4, -0.2) is 37.6 Å². The minimum Gasteiger partial charge on any atom is -0.494 e. The van der Waals surface area contributed by atoms with E-state index in [1.165, 1.54) is 0 Å². The maximum absolute atomic E-state index is 12.1. The van der Waals surface area contributed by atoms with E-state index in [0.29, 0.717) is 25.5 Å². The molecule has 0 aliphatic carbocycles. The van der Waals surface area contributed by atoms with Gasteiger partial charge in [-0.1, -0.05) is 18.2 Å². The Balaban J connectivity index is 1.78. The van der Waals surface area contributed by atoms with Crippen molar-refractivity contribution in [3.05, 3.63) is 29.8 Å². The summed E-state index contributed by atoms with van der Waals surface area (Å²) in [5, 5.41) is 3.02. The predicted molar refractivity (Wildman–Crippen MR) is 84.3 cm³/mol. The lowest BCUT2D eigenvalue weighted by Gasteiger charge is -2.28. The largest absolute Gasteiger partial charge is 0.494 e. The van der Waals surface area contributed by atoms with Gasteiger partial charge in [-0.15, -0.1) is 0 Å². The van der Waals surface area contributed by atoms with E-state index in [1.807, 2.05) is 31.2 Å². The van der Waals surface area contributed by atoms with E-state index in [1.54, 1.807) is 0 Å². The van der Waals surface area contributed by atoms with E-state index in [2.05, 4.69) is 17.3 Å². The molecule has 0 aromatic heterocycles. The Morgan fingerprint density at radius 2 is 2.05 bits per heavy atom. The molecule has 4 nitrogen and oxygen atoms in total. The van der Waals surface area contributed by atoms with Gasteiger partial charge in [0.05, 0.1) is 6.61 Å². The first kappa shape index (κ1) is 15.8. The normalized spacial score (nSPS) is 16.7. The highest BCUT2D eigenvalue weighted by Crippen LogP contribution is 2.20. The van der Waals surface area contributed by atoms with E-state index in [9.17, 15) is 4.79 Å². The van der Waals surface area contributed by atoms with Crippen LogP contribution in [0.2, 0.25) is 0 Å². The maximum atomic E-state index is 12.1. The summed E-state index contributed by atoms with van der Waals surface area (Å²) < 4.78 is 5.57. The van der Waals surface area contributed by atoms with Crippen molar-refractivity contribution >= 4 is 5.91 Å². The van der Waals surface area contributed by atoms with E-state index in [4.69, 9.17) is 4.74 Å². The average molecular weight is 290 g/mol. The molecule has 1 saturated heterocycles. The second kappa shape index (κ2) is 8.03. The van der Waals surface area contributed by atoms with Crippen LogP contribution >= 0.6 is 0 Å². The summed E-state index contributed by atoms with van der Waals surface area (Å²) >= 11 is 0. The molecule has 1 fully saturated rings. The fraction of sp³-hybridized carbons (Fsp3) is 0.588. The summed E-state index contributed by atoms with van der Waals surface area (Å²) in [5.74, 6) is 1.54. The van der Waals surface area contributed by atoms with Crippen molar-refractivity contribution in [2.75, 3.05) is 26.7 Å². The summed E-state index contributed by atoms with van der Waals surface area (Å²) in [4.78, 5) is 14.4. The topological polar surface area (TPSA) is 41.6 Å². The average Bonchev–Trinajstić information content (AvgIpc) is 2.49. The number of hydrogen-bond acceptors (Lipinski definition) is 3. The molecule has 2 rings (SSSR count). The molecule has 1 aromatic carbocycles. The molecule has 0 unspecified atom stereocenters. The van der Waals surface area contributed by atoms with Gasteiger partial charge in [-0.25, -0.2) is 0 Å². The van der Waals surface area contributed by atoms with Gasteiger partial charge in [-0.05, 0) is 51.9 Å². The fourth-order valence-corrected chi connectivity index (χ4v) is 2.74. The standard InChI is InChI=1S/C17H26N2O2/c1-3-21-16-7-5-4-6-15(16)13-18-17(20)12-14-8-10-19(2)11-9-14/h4-7,14H,3,8-13H2,1-2H3,(H,18,20). The number of amides is 1. The van der Waals surface area contributed by atoms with Crippen LogP contribution in [0.15, 0.2) is 24.3 Å². The maximum Gasteiger partial charge on any atom is 0.220 e. The van der Waals surface area contributed by atoms with Gasteiger partial charge in [-0.2, -0.15) is 0 Å². The van der Waals surface area contributed by atoms with Gasteiger partial charge in [0.2, 0.25) is 5.91 Å². The molecule has 0 spiro atoms. The summed E-state index contributed by atoms with van der Waals surface area (Å²) in [6.07, 6.45) is 2.89. The molecule has 0 atom stereocenters. The van der Waals surface area contributed by atoms with E-state index >= 15 is 0 Å². The first-order valence-corrected chi connectivity index (χ1v) is 7.85. The zero-order valence-electron chi connectivity index (χ0n) is 13.1. The van der Waals surface area contributed by atoms with Crippen molar-refractivity contribution in [2.45, 2.75) is 32.7 Å². The summed E-state index contributed by atoms with van der Waals surface area (Å²) in [6, 6.07) is 7.87. The molecule has 1 heterocycles. The van der Waals surface area contributed by atoms with Crippen LogP contribution in [-0.2, 0) is 11.3 Å². The monoisotopic (exact) mass is 290 g/mol. The Morgan fingerprint density at radius 3 is 2.76 bits per heavy atom. The third kappa shape index (κ3) is 5.05. The zero-order chi connectivity index (χ0) is 15.1. The van der Waals surface area contributed by atoms with Crippen LogP contribution in [0.5, 0.6) is 5.75 Å². The molecule has 1 N–H and O–H groups in total. The van der Waals surface area contributed by atoms with Gasteiger partial charge in [0.15, 0.2) is 0 Å². The van der Waals surface area contributed by atoms with Crippen LogP contribution in [0.4, 0.5) is 0 Å². The first-order chi connectivity index (χ1) is 10.2. The predicted octanol–water partition coefficient (Wildman–Crippen LogP) is 2.43. The van der Waals surface area contributed by atoms with E-state index in [0.717, 1.165) is 37.2 Å². The lowest BCUT2D eigenvalue weighted by atomic mass is 9.93. The molecule has 1 aromatic rings. The van der Waals surface area contributed by atoms with Crippen LogP contribution in [0.3, 0.4) is 0 Å². The quantitative estimate of drug-likeness (QED) is 0.875. The molecule has 21 heavy (non-hydrogen) atoms. The molecule has 1 aliphatic heterocycles. The third-order valence-electron chi connectivity index (χ3n) is 4.06. The lowest BCUT2D eigenvalue weighted by Crippen LogP contribution is -2.33. The Morgan fingerprint density at radius 1 is 1.33 bits per heavy atom.